The zero-order valence-corrected chi connectivity index (χ0v) is 14.3. The first-order valence-corrected chi connectivity index (χ1v) is 7.36. The Kier molecular flexibility index (Phi) is 5.44. The molecule has 0 aromatic heterocycles. The topological polar surface area (TPSA) is 72.8 Å². The predicted molar refractivity (Wildman–Crippen MR) is 83.2 cm³/mol. The van der Waals surface area contributed by atoms with E-state index in [0.717, 1.165) is 5.57 Å². The van der Waals surface area contributed by atoms with Gasteiger partial charge in [-0.3, -0.25) is 9.59 Å². The van der Waals surface area contributed by atoms with Gasteiger partial charge in [-0.05, 0) is 18.8 Å². The van der Waals surface area contributed by atoms with Gasteiger partial charge in [0.15, 0.2) is 0 Å². The zero-order valence-electron chi connectivity index (χ0n) is 14.3. The highest BCUT2D eigenvalue weighted by Crippen LogP contribution is 2.44. The minimum Gasteiger partial charge on any atom is -0.511 e. The molecular formula is C17H26O5. The molecule has 1 N–H and O–H groups in total. The van der Waals surface area contributed by atoms with Crippen molar-refractivity contribution in [2.75, 3.05) is 13.2 Å². The summed E-state index contributed by atoms with van der Waals surface area (Å²) >= 11 is 0. The van der Waals surface area contributed by atoms with Crippen molar-refractivity contribution >= 4 is 11.9 Å². The molecule has 5 nitrogen and oxygen atoms in total. The van der Waals surface area contributed by atoms with Gasteiger partial charge in [-0.1, -0.05) is 32.4 Å². The van der Waals surface area contributed by atoms with Gasteiger partial charge in [0.05, 0.1) is 5.41 Å². The summed E-state index contributed by atoms with van der Waals surface area (Å²) < 4.78 is 10.1. The molecule has 1 unspecified atom stereocenters. The monoisotopic (exact) mass is 310 g/mol. The Labute approximate surface area is 132 Å². The summed E-state index contributed by atoms with van der Waals surface area (Å²) in [5.74, 6) is -0.677. The van der Waals surface area contributed by atoms with Crippen molar-refractivity contribution in [1.29, 1.82) is 0 Å². The van der Waals surface area contributed by atoms with E-state index in [0.29, 0.717) is 12.0 Å². The Morgan fingerprint density at radius 1 is 1.23 bits per heavy atom. The maximum atomic E-state index is 11.1. The first-order valence-electron chi connectivity index (χ1n) is 7.36. The minimum atomic E-state index is -0.710. The number of esters is 2. The summed E-state index contributed by atoms with van der Waals surface area (Å²) in [6, 6.07) is 0. The van der Waals surface area contributed by atoms with Gasteiger partial charge in [-0.2, -0.15) is 0 Å². The molecule has 1 atom stereocenters. The molecule has 0 aromatic rings. The lowest BCUT2D eigenvalue weighted by Gasteiger charge is -2.38. The van der Waals surface area contributed by atoms with Gasteiger partial charge in [0.2, 0.25) is 0 Å². The van der Waals surface area contributed by atoms with Crippen LogP contribution in [-0.4, -0.2) is 30.3 Å². The van der Waals surface area contributed by atoms with E-state index in [1.165, 1.54) is 13.8 Å². The molecule has 0 saturated heterocycles. The fourth-order valence-corrected chi connectivity index (χ4v) is 2.37. The lowest BCUT2D eigenvalue weighted by molar-refractivity contribution is -0.144. The van der Waals surface area contributed by atoms with Crippen LogP contribution in [0.2, 0.25) is 0 Å². The highest BCUT2D eigenvalue weighted by atomic mass is 16.5. The van der Waals surface area contributed by atoms with Gasteiger partial charge in [-0.25, -0.2) is 0 Å². The van der Waals surface area contributed by atoms with E-state index >= 15 is 0 Å². The largest absolute Gasteiger partial charge is 0.511 e. The molecule has 0 amide bonds. The second-order valence-electron chi connectivity index (χ2n) is 7.09. The second kappa shape index (κ2) is 6.55. The highest BCUT2D eigenvalue weighted by molar-refractivity contribution is 5.66. The van der Waals surface area contributed by atoms with E-state index in [9.17, 15) is 14.7 Å². The number of rotatable bonds is 4. The van der Waals surface area contributed by atoms with Crippen LogP contribution in [0.4, 0.5) is 0 Å². The van der Waals surface area contributed by atoms with Crippen molar-refractivity contribution in [1.82, 2.24) is 0 Å². The molecule has 22 heavy (non-hydrogen) atoms. The average Bonchev–Trinajstić information content (AvgIpc) is 2.37. The van der Waals surface area contributed by atoms with Crippen LogP contribution in [0.5, 0.6) is 0 Å². The van der Waals surface area contributed by atoms with E-state index in [-0.39, 0.29) is 30.4 Å². The second-order valence-corrected chi connectivity index (χ2v) is 7.09. The van der Waals surface area contributed by atoms with Crippen molar-refractivity contribution in [3.8, 4) is 0 Å². The molecule has 1 rings (SSSR count). The number of ether oxygens (including phenoxy) is 2. The van der Waals surface area contributed by atoms with Crippen molar-refractivity contribution < 1.29 is 24.2 Å². The Hall–Kier alpha value is -1.78. The van der Waals surface area contributed by atoms with E-state index < -0.39 is 11.4 Å². The number of carbonyl (C=O) groups excluding carboxylic acids is 2. The maximum Gasteiger partial charge on any atom is 0.302 e. The van der Waals surface area contributed by atoms with Crippen LogP contribution in [-0.2, 0) is 19.1 Å². The fourth-order valence-electron chi connectivity index (χ4n) is 2.37. The van der Waals surface area contributed by atoms with E-state index in [4.69, 9.17) is 9.47 Å². The molecule has 0 spiro atoms. The molecule has 0 aromatic carbocycles. The van der Waals surface area contributed by atoms with Gasteiger partial charge >= 0.3 is 11.9 Å². The zero-order chi connectivity index (χ0) is 17.1. The van der Waals surface area contributed by atoms with Gasteiger partial charge in [0, 0.05) is 19.4 Å². The summed E-state index contributed by atoms with van der Waals surface area (Å²) in [6.07, 6.45) is 2.47. The van der Waals surface area contributed by atoms with Crippen LogP contribution in [0, 0.1) is 10.8 Å². The highest BCUT2D eigenvalue weighted by Gasteiger charge is 2.39. The first-order chi connectivity index (χ1) is 9.95. The average molecular weight is 310 g/mol. The van der Waals surface area contributed by atoms with Crippen LogP contribution < -0.4 is 0 Å². The summed E-state index contributed by atoms with van der Waals surface area (Å²) in [4.78, 5) is 22.1. The van der Waals surface area contributed by atoms with Gasteiger partial charge in [0.25, 0.3) is 0 Å². The van der Waals surface area contributed by atoms with E-state index in [2.05, 4.69) is 20.8 Å². The van der Waals surface area contributed by atoms with Crippen LogP contribution in [0.25, 0.3) is 0 Å². The first kappa shape index (κ1) is 18.3. The third-order valence-electron chi connectivity index (χ3n) is 3.79. The van der Waals surface area contributed by atoms with E-state index in [1.807, 2.05) is 13.0 Å². The molecule has 0 saturated carbocycles. The molecule has 0 bridgehead atoms. The van der Waals surface area contributed by atoms with Crippen LogP contribution >= 0.6 is 0 Å². The summed E-state index contributed by atoms with van der Waals surface area (Å²) in [5.41, 5.74) is 0.862. The molecule has 0 aliphatic heterocycles. The predicted octanol–water partition coefficient (Wildman–Crippen LogP) is 3.31. The number of carbonyl (C=O) groups is 2. The lowest BCUT2D eigenvalue weighted by Crippen LogP contribution is -2.34. The SMILES string of the molecule is CC(=O)OCC1=C(O)C(C)(COC(C)=O)CC(C(C)(C)C)=C1. The van der Waals surface area contributed by atoms with Crippen LogP contribution in [0.1, 0.15) is 48.0 Å². The van der Waals surface area contributed by atoms with Gasteiger partial charge < -0.3 is 14.6 Å². The van der Waals surface area contributed by atoms with E-state index in [1.54, 1.807) is 0 Å². The van der Waals surface area contributed by atoms with Gasteiger partial charge in [0.1, 0.15) is 19.0 Å². The van der Waals surface area contributed by atoms with Crippen molar-refractivity contribution in [3.05, 3.63) is 23.0 Å². The summed E-state index contributed by atoms with van der Waals surface area (Å²) in [7, 11) is 0. The molecule has 0 fully saturated rings. The normalized spacial score (nSPS) is 22.2. The third kappa shape index (κ3) is 4.61. The molecule has 1 aliphatic rings. The smallest absolute Gasteiger partial charge is 0.302 e. The quantitative estimate of drug-likeness (QED) is 0.806. The number of aliphatic hydroxyl groups is 1. The lowest BCUT2D eigenvalue weighted by atomic mass is 9.70. The number of hydrogen-bond acceptors (Lipinski definition) is 5. The van der Waals surface area contributed by atoms with Gasteiger partial charge in [-0.15, -0.1) is 0 Å². The Bertz CT molecular complexity index is 522. The number of hydrogen-bond donors (Lipinski definition) is 1. The van der Waals surface area contributed by atoms with Crippen LogP contribution in [0.15, 0.2) is 23.0 Å². The summed E-state index contributed by atoms with van der Waals surface area (Å²) in [5, 5.41) is 10.5. The minimum absolute atomic E-state index is 0.0103. The molecule has 124 valence electrons. The number of allylic oxidation sites excluding steroid dienone is 1. The fraction of sp³-hybridized carbons (Fsp3) is 0.647. The molecular weight excluding hydrogens is 284 g/mol. The standard InChI is InChI=1S/C17H26O5/c1-11(18)21-9-13-7-14(16(3,4)5)8-17(6,15(13)20)10-22-12(2)19/h7,20H,8-10H2,1-6H3. The van der Waals surface area contributed by atoms with Crippen molar-refractivity contribution in [3.63, 3.8) is 0 Å². The van der Waals surface area contributed by atoms with Crippen LogP contribution in [0.3, 0.4) is 0 Å². The Balaban J connectivity index is 3.16. The van der Waals surface area contributed by atoms with Crippen molar-refractivity contribution in [2.45, 2.75) is 48.0 Å². The third-order valence-corrected chi connectivity index (χ3v) is 3.79. The number of aliphatic hydroxyl groups excluding tert-OH is 1. The maximum absolute atomic E-state index is 11.1. The molecule has 1 aliphatic carbocycles. The summed E-state index contributed by atoms with van der Waals surface area (Å²) in [6.45, 7) is 10.9. The van der Waals surface area contributed by atoms with Crippen molar-refractivity contribution in [2.24, 2.45) is 10.8 Å². The molecule has 5 heteroatoms. The Morgan fingerprint density at radius 3 is 2.23 bits per heavy atom. The molecule has 0 heterocycles. The Morgan fingerprint density at radius 2 is 1.77 bits per heavy atom. The molecule has 0 radical (unpaired) electrons.